The molecule has 3 rings (SSSR count). The van der Waals surface area contributed by atoms with E-state index in [2.05, 4.69) is 10.6 Å². The van der Waals surface area contributed by atoms with Gasteiger partial charge in [-0.05, 0) is 30.5 Å². The molecule has 0 aromatic heterocycles. The Balaban J connectivity index is 1.73. The van der Waals surface area contributed by atoms with Gasteiger partial charge < -0.3 is 20.1 Å². The van der Waals surface area contributed by atoms with Crippen LogP contribution in [-0.2, 0) is 25.7 Å². The Labute approximate surface area is 190 Å². The number of rotatable bonds is 10. The van der Waals surface area contributed by atoms with E-state index in [4.69, 9.17) is 9.47 Å². The van der Waals surface area contributed by atoms with Gasteiger partial charge in [-0.15, -0.1) is 0 Å². The Morgan fingerprint density at radius 3 is 2.31 bits per heavy atom. The van der Waals surface area contributed by atoms with Gasteiger partial charge in [-0.25, -0.2) is 4.79 Å². The molecule has 1 amide bonds. The van der Waals surface area contributed by atoms with Crippen molar-refractivity contribution < 1.29 is 19.1 Å². The Morgan fingerprint density at radius 1 is 1.06 bits per heavy atom. The quantitative estimate of drug-likeness (QED) is 0.556. The zero-order valence-electron chi connectivity index (χ0n) is 19.1. The van der Waals surface area contributed by atoms with Crippen LogP contribution >= 0.6 is 0 Å². The summed E-state index contributed by atoms with van der Waals surface area (Å²) >= 11 is 0. The third-order valence-electron chi connectivity index (χ3n) is 6.27. The highest BCUT2D eigenvalue weighted by Crippen LogP contribution is 2.23. The summed E-state index contributed by atoms with van der Waals surface area (Å²) in [6, 6.07) is 18.6. The van der Waals surface area contributed by atoms with Crippen molar-refractivity contribution in [1.29, 1.82) is 0 Å². The van der Waals surface area contributed by atoms with E-state index >= 15 is 0 Å². The summed E-state index contributed by atoms with van der Waals surface area (Å²) in [6.45, 7) is 4.87. The van der Waals surface area contributed by atoms with Gasteiger partial charge in [0.2, 0.25) is 5.91 Å². The highest BCUT2D eigenvalue weighted by atomic mass is 16.5. The fraction of sp³-hybridized carbons (Fsp3) is 0.462. The van der Waals surface area contributed by atoms with Crippen molar-refractivity contribution >= 4 is 11.9 Å². The molecule has 172 valence electrons. The lowest BCUT2D eigenvalue weighted by Gasteiger charge is -2.30. The van der Waals surface area contributed by atoms with Crippen LogP contribution in [0.4, 0.5) is 0 Å². The predicted octanol–water partition coefficient (Wildman–Crippen LogP) is 3.42. The number of amides is 1. The highest BCUT2D eigenvalue weighted by molar-refractivity contribution is 5.86. The summed E-state index contributed by atoms with van der Waals surface area (Å²) in [7, 11) is 1.63. The van der Waals surface area contributed by atoms with Crippen LogP contribution in [0.25, 0.3) is 0 Å². The highest BCUT2D eigenvalue weighted by Gasteiger charge is 2.36. The first-order chi connectivity index (χ1) is 15.5. The van der Waals surface area contributed by atoms with Crippen molar-refractivity contribution in [2.75, 3.05) is 13.7 Å². The van der Waals surface area contributed by atoms with Crippen molar-refractivity contribution in [3.8, 4) is 0 Å². The normalized spacial score (nSPS) is 19.5. The Hall–Kier alpha value is -2.70. The molecule has 0 radical (unpaired) electrons. The topological polar surface area (TPSA) is 76.7 Å². The van der Waals surface area contributed by atoms with E-state index in [0.29, 0.717) is 0 Å². The number of nitrogens with one attached hydrogen (secondary N) is 2. The molecule has 2 aromatic carbocycles. The second kappa shape index (κ2) is 11.8. The lowest BCUT2D eigenvalue weighted by atomic mass is 9.91. The van der Waals surface area contributed by atoms with Gasteiger partial charge in [0.1, 0.15) is 12.6 Å². The lowest BCUT2D eigenvalue weighted by Crippen LogP contribution is -2.51. The van der Waals surface area contributed by atoms with Gasteiger partial charge in [0, 0.05) is 19.1 Å². The summed E-state index contributed by atoms with van der Waals surface area (Å²) in [5, 5.41) is 6.38. The summed E-state index contributed by atoms with van der Waals surface area (Å²) < 4.78 is 11.3. The average Bonchev–Trinajstić information content (AvgIpc) is 3.36. The fourth-order valence-electron chi connectivity index (χ4n) is 4.30. The molecular weight excluding hydrogens is 404 g/mol. The smallest absolute Gasteiger partial charge is 0.329 e. The first-order valence-electron chi connectivity index (χ1n) is 11.3. The maximum Gasteiger partial charge on any atom is 0.329 e. The summed E-state index contributed by atoms with van der Waals surface area (Å²) in [5.41, 5.74) is 1.86. The van der Waals surface area contributed by atoms with Crippen LogP contribution in [0.2, 0.25) is 0 Å². The van der Waals surface area contributed by atoms with Crippen LogP contribution in [0.15, 0.2) is 60.7 Å². The molecular formula is C26H34N2O4. The van der Waals surface area contributed by atoms with E-state index in [1.807, 2.05) is 74.5 Å². The maximum absolute atomic E-state index is 13.2. The van der Waals surface area contributed by atoms with Crippen LogP contribution in [0.5, 0.6) is 0 Å². The largest absolute Gasteiger partial charge is 0.459 e. The summed E-state index contributed by atoms with van der Waals surface area (Å²) in [4.78, 5) is 26.3. The molecule has 0 unspecified atom stereocenters. The standard InChI is InChI=1S/C26H34N2O4/c1-18(21-13-8-5-9-14-21)23(26(30)32-17-20-11-6-4-7-12-20)28-25(29)19(2)24(31-3)22-15-10-16-27-22/h4-9,11-14,18-19,22-24,27H,10,15-17H2,1-3H3,(H,28,29)/t18-,19+,22-,23-,24+/m0/s1. The second-order valence-electron chi connectivity index (χ2n) is 8.47. The molecule has 5 atom stereocenters. The minimum absolute atomic E-state index is 0.135. The van der Waals surface area contributed by atoms with Crippen LogP contribution in [-0.4, -0.2) is 43.7 Å². The SMILES string of the molecule is CO[C@@H]([C@@H]1CCCN1)[C@@H](C)C(=O)N[C@H](C(=O)OCc1ccccc1)[C@@H](C)c1ccccc1. The van der Waals surface area contributed by atoms with Crippen molar-refractivity contribution in [3.05, 3.63) is 71.8 Å². The molecule has 6 heteroatoms. The third kappa shape index (κ3) is 6.17. The minimum Gasteiger partial charge on any atom is -0.459 e. The first-order valence-corrected chi connectivity index (χ1v) is 11.3. The van der Waals surface area contributed by atoms with Gasteiger partial charge in [-0.2, -0.15) is 0 Å². The van der Waals surface area contributed by atoms with E-state index < -0.39 is 17.9 Å². The Morgan fingerprint density at radius 2 is 1.72 bits per heavy atom. The summed E-state index contributed by atoms with van der Waals surface area (Å²) in [5.74, 6) is -1.32. The molecule has 6 nitrogen and oxygen atoms in total. The second-order valence-corrected chi connectivity index (χ2v) is 8.47. The van der Waals surface area contributed by atoms with Gasteiger partial charge in [0.15, 0.2) is 0 Å². The maximum atomic E-state index is 13.2. The van der Waals surface area contributed by atoms with Crippen molar-refractivity contribution in [2.24, 2.45) is 5.92 Å². The molecule has 1 aliphatic heterocycles. The molecule has 0 saturated carbocycles. The van der Waals surface area contributed by atoms with Gasteiger partial charge >= 0.3 is 5.97 Å². The zero-order valence-corrected chi connectivity index (χ0v) is 19.1. The number of methoxy groups -OCH3 is 1. The van der Waals surface area contributed by atoms with E-state index in [9.17, 15) is 9.59 Å². The molecule has 1 aliphatic rings. The van der Waals surface area contributed by atoms with Crippen LogP contribution < -0.4 is 10.6 Å². The Kier molecular flexibility index (Phi) is 8.82. The fourth-order valence-corrected chi connectivity index (χ4v) is 4.30. The van der Waals surface area contributed by atoms with Crippen LogP contribution in [0.3, 0.4) is 0 Å². The number of hydrogen-bond donors (Lipinski definition) is 2. The van der Waals surface area contributed by atoms with Gasteiger partial charge in [-0.1, -0.05) is 74.5 Å². The number of carbonyl (C=O) groups is 2. The number of hydrogen-bond acceptors (Lipinski definition) is 5. The monoisotopic (exact) mass is 438 g/mol. The van der Waals surface area contributed by atoms with Crippen molar-refractivity contribution in [2.45, 2.75) is 57.4 Å². The van der Waals surface area contributed by atoms with Crippen LogP contribution in [0, 0.1) is 5.92 Å². The molecule has 2 N–H and O–H groups in total. The Bertz CT molecular complexity index is 853. The van der Waals surface area contributed by atoms with E-state index in [0.717, 1.165) is 30.5 Å². The predicted molar refractivity (Wildman–Crippen MR) is 124 cm³/mol. The molecule has 1 heterocycles. The van der Waals surface area contributed by atoms with Gasteiger partial charge in [0.05, 0.1) is 12.0 Å². The zero-order chi connectivity index (χ0) is 22.9. The van der Waals surface area contributed by atoms with Gasteiger partial charge in [-0.3, -0.25) is 4.79 Å². The molecule has 32 heavy (non-hydrogen) atoms. The third-order valence-corrected chi connectivity index (χ3v) is 6.27. The molecule has 1 fully saturated rings. The average molecular weight is 439 g/mol. The number of benzene rings is 2. The van der Waals surface area contributed by atoms with Crippen molar-refractivity contribution in [1.82, 2.24) is 10.6 Å². The lowest BCUT2D eigenvalue weighted by molar-refractivity contribution is -0.150. The molecule has 0 bridgehead atoms. The number of carbonyl (C=O) groups excluding carboxylic acids is 2. The van der Waals surface area contributed by atoms with E-state index in [1.54, 1.807) is 7.11 Å². The molecule has 0 aliphatic carbocycles. The minimum atomic E-state index is -0.801. The molecule has 2 aromatic rings. The first kappa shape index (κ1) is 24.0. The van der Waals surface area contributed by atoms with E-state index in [1.165, 1.54) is 0 Å². The molecule has 1 saturated heterocycles. The van der Waals surface area contributed by atoms with E-state index in [-0.39, 0.29) is 30.6 Å². The van der Waals surface area contributed by atoms with Crippen molar-refractivity contribution in [3.63, 3.8) is 0 Å². The van der Waals surface area contributed by atoms with Crippen LogP contribution in [0.1, 0.15) is 43.7 Å². The number of esters is 1. The number of ether oxygens (including phenoxy) is 2. The summed E-state index contributed by atoms with van der Waals surface area (Å²) in [6.07, 6.45) is 1.78. The van der Waals surface area contributed by atoms with Gasteiger partial charge in [0.25, 0.3) is 0 Å². The molecule has 0 spiro atoms.